The Bertz CT molecular complexity index is 631. The summed E-state index contributed by atoms with van der Waals surface area (Å²) in [6, 6.07) is -0.993. The molecule has 21 heavy (non-hydrogen) atoms. The fourth-order valence-corrected chi connectivity index (χ4v) is 1.63. The second-order valence-corrected chi connectivity index (χ2v) is 4.38. The van der Waals surface area contributed by atoms with Crippen LogP contribution in [0.4, 0.5) is 5.82 Å². The van der Waals surface area contributed by atoms with Crippen LogP contribution in [0.15, 0.2) is 12.4 Å². The highest BCUT2D eigenvalue weighted by molar-refractivity contribution is 5.85. The molecule has 10 heteroatoms. The van der Waals surface area contributed by atoms with Crippen molar-refractivity contribution in [2.45, 2.75) is 25.9 Å². The van der Waals surface area contributed by atoms with Crippen LogP contribution in [-0.2, 0) is 17.8 Å². The number of rotatable bonds is 5. The highest BCUT2D eigenvalue weighted by Crippen LogP contribution is 2.09. The van der Waals surface area contributed by atoms with Gasteiger partial charge in [0, 0.05) is 24.4 Å². The lowest BCUT2D eigenvalue weighted by Crippen LogP contribution is -2.32. The molecule has 2 rings (SSSR count). The Morgan fingerprint density at radius 1 is 1.52 bits per heavy atom. The van der Waals surface area contributed by atoms with Gasteiger partial charge in [-0.2, -0.15) is 0 Å². The van der Waals surface area contributed by atoms with Crippen LogP contribution in [0.2, 0.25) is 0 Å². The van der Waals surface area contributed by atoms with Crippen LogP contribution >= 0.6 is 12.4 Å². The summed E-state index contributed by atoms with van der Waals surface area (Å²) in [6.07, 6.45) is 3.37. The molecule has 1 atom stereocenters. The number of aromatic nitrogens is 5. The van der Waals surface area contributed by atoms with Gasteiger partial charge in [0.05, 0.1) is 12.2 Å². The standard InChI is InChI=1S/C11H15N7O2.ClH/c1-6-14-3-7(10(13)15-6)4-18-5-8(16-17-18)2-9(12)11(19)20;/h3,5,9H,2,4,12H2,1H3,(H,19,20)(H2,13,14,15);1H. The number of nitrogens with two attached hydrogens (primary N) is 2. The van der Waals surface area contributed by atoms with Crippen molar-refractivity contribution < 1.29 is 9.90 Å². The minimum absolute atomic E-state index is 0. The van der Waals surface area contributed by atoms with Gasteiger partial charge in [0.1, 0.15) is 17.7 Å². The molecule has 5 N–H and O–H groups in total. The van der Waals surface area contributed by atoms with E-state index < -0.39 is 12.0 Å². The Balaban J connectivity index is 0.00000220. The summed E-state index contributed by atoms with van der Waals surface area (Å²) >= 11 is 0. The normalized spacial score (nSPS) is 11.7. The monoisotopic (exact) mass is 313 g/mol. The van der Waals surface area contributed by atoms with Crippen molar-refractivity contribution in [2.75, 3.05) is 5.73 Å². The maximum Gasteiger partial charge on any atom is 0.320 e. The lowest BCUT2D eigenvalue weighted by atomic mass is 10.2. The zero-order valence-corrected chi connectivity index (χ0v) is 12.1. The SMILES string of the molecule is Cc1ncc(Cn2cc(CC(N)C(=O)O)nn2)c(N)n1.Cl. The number of hydrogen-bond acceptors (Lipinski definition) is 7. The first kappa shape index (κ1) is 16.8. The van der Waals surface area contributed by atoms with Crippen LogP contribution < -0.4 is 11.5 Å². The predicted octanol–water partition coefficient (Wildman–Crippen LogP) is -0.617. The van der Waals surface area contributed by atoms with Crippen LogP contribution in [0.5, 0.6) is 0 Å². The van der Waals surface area contributed by atoms with Gasteiger partial charge in [0.15, 0.2) is 0 Å². The van der Waals surface area contributed by atoms with Crippen molar-refractivity contribution in [3.8, 4) is 0 Å². The molecule has 9 nitrogen and oxygen atoms in total. The van der Waals surface area contributed by atoms with E-state index in [1.165, 1.54) is 4.68 Å². The predicted molar refractivity (Wildman–Crippen MR) is 76.9 cm³/mol. The van der Waals surface area contributed by atoms with E-state index in [9.17, 15) is 4.79 Å². The first-order valence-corrected chi connectivity index (χ1v) is 5.91. The van der Waals surface area contributed by atoms with Crippen LogP contribution in [0, 0.1) is 6.92 Å². The number of carboxylic acids is 1. The first-order valence-electron chi connectivity index (χ1n) is 5.91. The van der Waals surface area contributed by atoms with Crippen molar-refractivity contribution in [3.63, 3.8) is 0 Å². The number of halogens is 1. The number of carboxylic acid groups (broad SMARTS) is 1. The van der Waals surface area contributed by atoms with Gasteiger partial charge in [-0.15, -0.1) is 17.5 Å². The summed E-state index contributed by atoms with van der Waals surface area (Å²) in [7, 11) is 0. The molecule has 0 aromatic carbocycles. The van der Waals surface area contributed by atoms with E-state index in [1.807, 2.05) is 0 Å². The van der Waals surface area contributed by atoms with Crippen molar-refractivity contribution in [1.29, 1.82) is 0 Å². The molecule has 0 radical (unpaired) electrons. The topological polar surface area (TPSA) is 146 Å². The quantitative estimate of drug-likeness (QED) is 0.662. The molecule has 0 aliphatic heterocycles. The van der Waals surface area contributed by atoms with E-state index in [-0.39, 0.29) is 18.8 Å². The lowest BCUT2D eigenvalue weighted by molar-refractivity contribution is -0.138. The van der Waals surface area contributed by atoms with Gasteiger partial charge in [-0.3, -0.25) is 4.79 Å². The van der Waals surface area contributed by atoms with Crippen molar-refractivity contribution in [3.05, 3.63) is 29.5 Å². The Morgan fingerprint density at radius 2 is 2.24 bits per heavy atom. The van der Waals surface area contributed by atoms with Crippen molar-refractivity contribution in [1.82, 2.24) is 25.0 Å². The minimum atomic E-state index is -1.07. The van der Waals surface area contributed by atoms with E-state index in [1.54, 1.807) is 19.3 Å². The third kappa shape index (κ3) is 4.36. The fraction of sp³-hybridized carbons (Fsp3) is 0.364. The molecule has 1 unspecified atom stereocenters. The Hall–Kier alpha value is -2.26. The van der Waals surface area contributed by atoms with E-state index in [4.69, 9.17) is 16.6 Å². The molecular weight excluding hydrogens is 298 g/mol. The number of carbonyl (C=O) groups is 1. The molecule has 0 bridgehead atoms. The highest BCUT2D eigenvalue weighted by atomic mass is 35.5. The number of aliphatic carboxylic acids is 1. The third-order valence-electron chi connectivity index (χ3n) is 2.68. The Kier molecular flexibility index (Phi) is 5.56. The molecular formula is C11H16ClN7O2. The van der Waals surface area contributed by atoms with Crippen molar-refractivity contribution >= 4 is 24.2 Å². The van der Waals surface area contributed by atoms with Crippen molar-refractivity contribution in [2.24, 2.45) is 5.73 Å². The minimum Gasteiger partial charge on any atom is -0.480 e. The molecule has 0 saturated heterocycles. The lowest BCUT2D eigenvalue weighted by Gasteiger charge is -2.04. The molecule has 2 aromatic rings. The summed E-state index contributed by atoms with van der Waals surface area (Å²) in [5.74, 6) is -0.0922. The molecule has 0 aliphatic carbocycles. The van der Waals surface area contributed by atoms with Crippen LogP contribution in [-0.4, -0.2) is 42.1 Å². The fourth-order valence-electron chi connectivity index (χ4n) is 1.63. The summed E-state index contributed by atoms with van der Waals surface area (Å²) < 4.78 is 1.54. The average Bonchev–Trinajstić information content (AvgIpc) is 2.80. The molecule has 2 heterocycles. The van der Waals surface area contributed by atoms with Gasteiger partial charge in [-0.05, 0) is 6.92 Å². The van der Waals surface area contributed by atoms with Gasteiger partial charge in [-0.1, -0.05) is 5.21 Å². The first-order chi connectivity index (χ1) is 9.45. The van der Waals surface area contributed by atoms with Gasteiger partial charge < -0.3 is 16.6 Å². The van der Waals surface area contributed by atoms with Gasteiger partial charge >= 0.3 is 5.97 Å². The second kappa shape index (κ2) is 6.95. The van der Waals surface area contributed by atoms with E-state index >= 15 is 0 Å². The molecule has 0 saturated carbocycles. The zero-order valence-electron chi connectivity index (χ0n) is 11.3. The van der Waals surface area contributed by atoms with Crippen LogP contribution in [0.1, 0.15) is 17.1 Å². The summed E-state index contributed by atoms with van der Waals surface area (Å²) in [5.41, 5.74) is 12.4. The maximum atomic E-state index is 10.7. The van der Waals surface area contributed by atoms with Crippen LogP contribution in [0.25, 0.3) is 0 Å². The Labute approximate surface area is 126 Å². The van der Waals surface area contributed by atoms with Gasteiger partial charge in [-0.25, -0.2) is 14.6 Å². The smallest absolute Gasteiger partial charge is 0.320 e. The number of hydrogen-bond donors (Lipinski definition) is 3. The van der Waals surface area contributed by atoms with Gasteiger partial charge in [0.2, 0.25) is 0 Å². The van der Waals surface area contributed by atoms with Crippen LogP contribution in [0.3, 0.4) is 0 Å². The summed E-state index contributed by atoms with van der Waals surface area (Å²) in [6.45, 7) is 2.11. The number of aryl methyl sites for hydroxylation is 1. The molecule has 114 valence electrons. The summed E-state index contributed by atoms with van der Waals surface area (Å²) in [4.78, 5) is 18.8. The molecule has 0 amide bonds. The summed E-state index contributed by atoms with van der Waals surface area (Å²) in [5, 5.41) is 16.5. The maximum absolute atomic E-state index is 10.7. The average molecular weight is 314 g/mol. The molecule has 2 aromatic heterocycles. The van der Waals surface area contributed by atoms with E-state index in [0.717, 1.165) is 5.56 Å². The number of anilines is 1. The number of nitrogens with zero attached hydrogens (tertiary/aromatic N) is 5. The largest absolute Gasteiger partial charge is 0.480 e. The second-order valence-electron chi connectivity index (χ2n) is 4.38. The number of nitrogen functional groups attached to an aromatic ring is 1. The van der Waals surface area contributed by atoms with E-state index in [0.29, 0.717) is 23.9 Å². The Morgan fingerprint density at radius 3 is 2.86 bits per heavy atom. The van der Waals surface area contributed by atoms with E-state index in [2.05, 4.69) is 20.3 Å². The third-order valence-corrected chi connectivity index (χ3v) is 2.68. The molecule has 0 aliphatic rings. The van der Waals surface area contributed by atoms with Gasteiger partial charge in [0.25, 0.3) is 0 Å². The molecule has 0 spiro atoms. The highest BCUT2D eigenvalue weighted by Gasteiger charge is 2.14. The molecule has 0 fully saturated rings. The zero-order chi connectivity index (χ0) is 14.7.